The van der Waals surface area contributed by atoms with Gasteiger partial charge in [-0.3, -0.25) is 4.79 Å². The summed E-state index contributed by atoms with van der Waals surface area (Å²) in [4.78, 5) is 10.7. The predicted octanol–water partition coefficient (Wildman–Crippen LogP) is 6.55. The first-order chi connectivity index (χ1) is 13.8. The molecule has 0 aliphatic heterocycles. The molecule has 0 saturated heterocycles. The average molecular weight is 410 g/mol. The Kier molecular flexibility index (Phi) is 7.25. The molecule has 1 fully saturated rings. The molecule has 0 spiro atoms. The molecular formula is C23H29F3O3. The third-order valence-electron chi connectivity index (χ3n) is 6.13. The van der Waals surface area contributed by atoms with Crippen LogP contribution in [0.4, 0.5) is 13.2 Å². The van der Waals surface area contributed by atoms with Gasteiger partial charge in [0, 0.05) is 6.42 Å². The minimum atomic E-state index is -4.54. The van der Waals surface area contributed by atoms with Gasteiger partial charge in [0.2, 0.25) is 0 Å². The first kappa shape index (κ1) is 21.7. The Morgan fingerprint density at radius 3 is 2.48 bits per heavy atom. The highest BCUT2D eigenvalue weighted by Gasteiger charge is 2.34. The van der Waals surface area contributed by atoms with Crippen LogP contribution in [0.5, 0.6) is 5.75 Å². The monoisotopic (exact) mass is 410 g/mol. The number of ether oxygens (including phenoxy) is 1. The van der Waals surface area contributed by atoms with Crippen molar-refractivity contribution in [3.63, 3.8) is 0 Å². The van der Waals surface area contributed by atoms with Crippen LogP contribution in [0.3, 0.4) is 0 Å². The second-order valence-electron chi connectivity index (χ2n) is 8.17. The zero-order chi connectivity index (χ0) is 20.9. The molecule has 0 atom stereocenters. The fourth-order valence-electron chi connectivity index (χ4n) is 4.64. The van der Waals surface area contributed by atoms with Gasteiger partial charge in [-0.05, 0) is 74.1 Å². The summed E-state index contributed by atoms with van der Waals surface area (Å²) in [5.74, 6) is -0.304. The third kappa shape index (κ3) is 6.00. The zero-order valence-electron chi connectivity index (χ0n) is 16.7. The number of aryl methyl sites for hydroxylation is 1. The Hall–Kier alpha value is -1.98. The lowest BCUT2D eigenvalue weighted by Gasteiger charge is -2.30. The lowest BCUT2D eigenvalue weighted by molar-refractivity contribution is -0.140. The maximum absolute atomic E-state index is 13.4. The van der Waals surface area contributed by atoms with E-state index in [0.29, 0.717) is 12.5 Å². The summed E-state index contributed by atoms with van der Waals surface area (Å²) in [6.45, 7) is 0.345. The minimum absolute atomic E-state index is 0.00738. The molecular weight excluding hydrogens is 381 g/mol. The van der Waals surface area contributed by atoms with Crippen LogP contribution in [-0.2, 0) is 17.4 Å². The van der Waals surface area contributed by atoms with Gasteiger partial charge in [0.15, 0.2) is 0 Å². The molecule has 160 valence electrons. The first-order valence-corrected chi connectivity index (χ1v) is 10.6. The number of hydrogen-bond donors (Lipinski definition) is 1. The number of carboxylic acids is 1. The molecule has 0 bridgehead atoms. The average Bonchev–Trinajstić information content (AvgIpc) is 2.71. The van der Waals surface area contributed by atoms with Gasteiger partial charge in [-0.25, -0.2) is 0 Å². The molecule has 0 amide bonds. The van der Waals surface area contributed by atoms with E-state index in [4.69, 9.17) is 9.84 Å². The number of halogens is 3. The van der Waals surface area contributed by atoms with Crippen molar-refractivity contribution in [2.24, 2.45) is 5.92 Å². The molecule has 0 unspecified atom stereocenters. The van der Waals surface area contributed by atoms with Gasteiger partial charge in [-0.15, -0.1) is 0 Å². The third-order valence-corrected chi connectivity index (χ3v) is 6.13. The Balaban J connectivity index is 1.75. The highest BCUT2D eigenvalue weighted by Crippen LogP contribution is 2.39. The van der Waals surface area contributed by atoms with E-state index >= 15 is 0 Å². The number of carboxylic acid groups (broad SMARTS) is 1. The van der Waals surface area contributed by atoms with E-state index in [1.807, 2.05) is 0 Å². The van der Waals surface area contributed by atoms with Crippen molar-refractivity contribution in [3.8, 4) is 5.75 Å². The largest absolute Gasteiger partial charge is 0.489 e. The second kappa shape index (κ2) is 9.68. The van der Waals surface area contributed by atoms with Gasteiger partial charge in [0.05, 0.1) is 5.56 Å². The van der Waals surface area contributed by atoms with Crippen LogP contribution in [0.1, 0.15) is 75.3 Å². The fourth-order valence-corrected chi connectivity index (χ4v) is 4.64. The van der Waals surface area contributed by atoms with E-state index in [-0.39, 0.29) is 24.2 Å². The summed E-state index contributed by atoms with van der Waals surface area (Å²) < 4.78 is 46.1. The summed E-state index contributed by atoms with van der Waals surface area (Å²) in [7, 11) is 0. The van der Waals surface area contributed by atoms with Gasteiger partial charge in [0.1, 0.15) is 12.4 Å². The van der Waals surface area contributed by atoms with E-state index in [9.17, 15) is 18.0 Å². The number of carbonyl (C=O) groups is 1. The lowest BCUT2D eigenvalue weighted by atomic mass is 9.77. The van der Waals surface area contributed by atoms with Crippen LogP contribution < -0.4 is 4.74 Å². The lowest BCUT2D eigenvalue weighted by Crippen LogP contribution is -2.17. The van der Waals surface area contributed by atoms with Crippen LogP contribution in [0.2, 0.25) is 0 Å². The van der Waals surface area contributed by atoms with Crippen molar-refractivity contribution in [2.75, 3.05) is 6.61 Å². The molecule has 29 heavy (non-hydrogen) atoms. The van der Waals surface area contributed by atoms with Crippen LogP contribution in [0.25, 0.3) is 0 Å². The van der Waals surface area contributed by atoms with Crippen LogP contribution >= 0.6 is 0 Å². The highest BCUT2D eigenvalue weighted by atomic mass is 19.4. The van der Waals surface area contributed by atoms with Gasteiger partial charge in [0.25, 0.3) is 0 Å². The van der Waals surface area contributed by atoms with Crippen LogP contribution in [-0.4, -0.2) is 17.7 Å². The summed E-state index contributed by atoms with van der Waals surface area (Å²) in [5, 5.41) is 8.77. The first-order valence-electron chi connectivity index (χ1n) is 10.6. The molecule has 1 aromatic rings. The molecule has 2 aliphatic carbocycles. The summed E-state index contributed by atoms with van der Waals surface area (Å²) in [6, 6.07) is 3.88. The Bertz CT molecular complexity index is 746. The predicted molar refractivity (Wildman–Crippen MR) is 105 cm³/mol. The standard InChI is InChI=1S/C23H29F3O3/c24-23(25,26)21-14-19(12-10-17(21)11-13-22(27)28)29-15-18-8-4-5-9-20(18)16-6-2-1-3-7-16/h10,12,14,16H,1-9,11,13,15H2,(H,27,28). The van der Waals surface area contributed by atoms with Gasteiger partial charge in [-0.1, -0.05) is 30.9 Å². The normalized spacial score (nSPS) is 18.7. The van der Waals surface area contributed by atoms with Crippen molar-refractivity contribution >= 4 is 5.97 Å². The molecule has 0 heterocycles. The molecule has 3 rings (SSSR count). The molecule has 3 nitrogen and oxygen atoms in total. The maximum atomic E-state index is 13.4. The fraction of sp³-hybridized carbons (Fsp3) is 0.609. The minimum Gasteiger partial charge on any atom is -0.489 e. The van der Waals surface area contributed by atoms with Crippen molar-refractivity contribution in [2.45, 2.75) is 76.8 Å². The topological polar surface area (TPSA) is 46.5 Å². The van der Waals surface area contributed by atoms with E-state index in [0.717, 1.165) is 25.3 Å². The van der Waals surface area contributed by atoms with Crippen molar-refractivity contribution < 1.29 is 27.8 Å². The molecule has 1 N–H and O–H groups in total. The molecule has 0 aromatic heterocycles. The van der Waals surface area contributed by atoms with Crippen LogP contribution in [0, 0.1) is 5.92 Å². The van der Waals surface area contributed by atoms with E-state index in [1.54, 1.807) is 0 Å². The molecule has 1 aromatic carbocycles. The SMILES string of the molecule is O=C(O)CCc1ccc(OCC2=C(C3CCCCC3)CCCC2)cc1C(F)(F)F. The number of hydrogen-bond acceptors (Lipinski definition) is 2. The zero-order valence-corrected chi connectivity index (χ0v) is 16.7. The highest BCUT2D eigenvalue weighted by molar-refractivity contribution is 5.67. The second-order valence-corrected chi connectivity index (χ2v) is 8.17. The van der Waals surface area contributed by atoms with Crippen molar-refractivity contribution in [3.05, 3.63) is 40.5 Å². The Labute approximate surface area is 170 Å². The summed E-state index contributed by atoms with van der Waals surface area (Å²) in [6.07, 6.45) is 5.58. The quantitative estimate of drug-likeness (QED) is 0.518. The maximum Gasteiger partial charge on any atom is 0.416 e. The molecule has 2 aliphatic rings. The summed E-state index contributed by atoms with van der Waals surface area (Å²) >= 11 is 0. The molecule has 6 heteroatoms. The Morgan fingerprint density at radius 2 is 1.79 bits per heavy atom. The van der Waals surface area contributed by atoms with Crippen molar-refractivity contribution in [1.29, 1.82) is 0 Å². The van der Waals surface area contributed by atoms with Gasteiger partial charge < -0.3 is 9.84 Å². The van der Waals surface area contributed by atoms with Crippen LogP contribution in [0.15, 0.2) is 29.3 Å². The van der Waals surface area contributed by atoms with Gasteiger partial charge >= 0.3 is 12.1 Å². The Morgan fingerprint density at radius 1 is 1.07 bits per heavy atom. The number of allylic oxidation sites excluding steroid dienone is 1. The van der Waals surface area contributed by atoms with Crippen molar-refractivity contribution in [1.82, 2.24) is 0 Å². The van der Waals surface area contributed by atoms with E-state index < -0.39 is 17.7 Å². The smallest absolute Gasteiger partial charge is 0.416 e. The molecule has 1 saturated carbocycles. The van der Waals surface area contributed by atoms with E-state index in [2.05, 4.69) is 0 Å². The number of aliphatic carboxylic acids is 1. The number of alkyl halides is 3. The molecule has 0 radical (unpaired) electrons. The summed E-state index contributed by atoms with van der Waals surface area (Å²) in [5.41, 5.74) is 1.95. The van der Waals surface area contributed by atoms with Gasteiger partial charge in [-0.2, -0.15) is 13.2 Å². The van der Waals surface area contributed by atoms with E-state index in [1.165, 1.54) is 61.8 Å². The number of benzene rings is 1. The number of rotatable bonds is 7.